The Kier molecular flexibility index (Phi) is 6.80. The van der Waals surface area contributed by atoms with Crippen molar-refractivity contribution in [2.24, 2.45) is 0 Å². The number of aromatic hydroxyl groups is 1. The minimum Gasteiger partial charge on any atom is -0.504 e. The quantitative estimate of drug-likeness (QED) is 0.452. The molecule has 0 aliphatic rings. The lowest BCUT2D eigenvalue weighted by Crippen LogP contribution is -2.21. The topological polar surface area (TPSA) is 73.8 Å². The number of amides is 1. The van der Waals surface area contributed by atoms with Crippen LogP contribution in [0, 0.1) is 13.8 Å². The molecule has 0 saturated carbocycles. The molecule has 0 aromatic heterocycles. The van der Waals surface area contributed by atoms with E-state index in [-0.39, 0.29) is 16.5 Å². The highest BCUT2D eigenvalue weighted by molar-refractivity contribution is 6.33. The highest BCUT2D eigenvalue weighted by Crippen LogP contribution is 2.40. The van der Waals surface area contributed by atoms with Gasteiger partial charge in [-0.1, -0.05) is 11.6 Å². The lowest BCUT2D eigenvalue weighted by Gasteiger charge is -2.23. The van der Waals surface area contributed by atoms with Crippen molar-refractivity contribution in [1.29, 1.82) is 0 Å². The van der Waals surface area contributed by atoms with Gasteiger partial charge in [-0.25, -0.2) is 4.79 Å². The first-order chi connectivity index (χ1) is 12.8. The normalized spacial score (nSPS) is 10.4. The number of ether oxygens (including phenoxy) is 1. The smallest absolute Gasteiger partial charge is 0.411 e. The van der Waals surface area contributed by atoms with Gasteiger partial charge < -0.3 is 20.1 Å². The molecule has 3 N–H and O–H groups in total. The summed E-state index contributed by atoms with van der Waals surface area (Å²) < 4.78 is 4.58. The van der Waals surface area contributed by atoms with Crippen molar-refractivity contribution in [2.75, 3.05) is 35.7 Å². The van der Waals surface area contributed by atoms with Gasteiger partial charge in [0.1, 0.15) is 0 Å². The molecule has 0 fully saturated rings. The van der Waals surface area contributed by atoms with Gasteiger partial charge in [0.25, 0.3) is 0 Å². The summed E-state index contributed by atoms with van der Waals surface area (Å²) in [4.78, 5) is 13.8. The summed E-state index contributed by atoms with van der Waals surface area (Å²) in [6, 6.07) is 7.83. The van der Waals surface area contributed by atoms with Crippen LogP contribution in [0.2, 0.25) is 5.02 Å². The number of phenolic OH excluding ortho intramolecular Hbond substituents is 1. The maximum atomic E-state index is 11.5. The summed E-state index contributed by atoms with van der Waals surface area (Å²) in [5, 5.41) is 16.2. The molecule has 2 rings (SSSR count). The lowest BCUT2D eigenvalue weighted by atomic mass is 10.1. The van der Waals surface area contributed by atoms with Crippen LogP contribution in [0.4, 0.5) is 27.5 Å². The zero-order valence-corrected chi connectivity index (χ0v) is 17.1. The Balaban J connectivity index is 2.38. The van der Waals surface area contributed by atoms with E-state index in [2.05, 4.69) is 46.3 Å². The zero-order chi connectivity index (χ0) is 20.1. The van der Waals surface area contributed by atoms with Gasteiger partial charge in [0.2, 0.25) is 0 Å². The van der Waals surface area contributed by atoms with Crippen molar-refractivity contribution in [3.05, 3.63) is 40.4 Å². The largest absolute Gasteiger partial charge is 0.504 e. The number of carbonyl (C=O) groups is 1. The molecule has 1 amide bonds. The van der Waals surface area contributed by atoms with Gasteiger partial charge in [-0.3, -0.25) is 5.32 Å². The fraction of sp³-hybridized carbons (Fsp3) is 0.350. The van der Waals surface area contributed by atoms with Gasteiger partial charge in [-0.2, -0.15) is 0 Å². The maximum Gasteiger partial charge on any atom is 0.411 e. The van der Waals surface area contributed by atoms with Crippen molar-refractivity contribution in [2.45, 2.75) is 27.7 Å². The number of nitrogens with one attached hydrogen (secondary N) is 2. The number of anilines is 4. The number of halogens is 1. The molecule has 7 heteroatoms. The van der Waals surface area contributed by atoms with Crippen LogP contribution in [0.15, 0.2) is 24.3 Å². The molecule has 0 unspecified atom stereocenters. The van der Waals surface area contributed by atoms with E-state index in [1.807, 2.05) is 13.0 Å². The van der Waals surface area contributed by atoms with Crippen LogP contribution in [0.3, 0.4) is 0 Å². The van der Waals surface area contributed by atoms with Gasteiger partial charge in [-0.05, 0) is 63.1 Å². The molecule has 0 bridgehead atoms. The number of hydrogen-bond donors (Lipinski definition) is 3. The third kappa shape index (κ3) is 4.57. The Labute approximate surface area is 165 Å². The molecule has 27 heavy (non-hydrogen) atoms. The number of nitrogens with zero attached hydrogens (tertiary/aromatic N) is 1. The first kappa shape index (κ1) is 20.7. The summed E-state index contributed by atoms with van der Waals surface area (Å²) in [6.07, 6.45) is -0.684. The summed E-state index contributed by atoms with van der Waals surface area (Å²) in [5.41, 5.74) is 4.69. The minimum atomic E-state index is -0.684. The minimum absolute atomic E-state index is 0.170. The van der Waals surface area contributed by atoms with Crippen molar-refractivity contribution in [3.63, 3.8) is 0 Å². The number of phenols is 1. The van der Waals surface area contributed by atoms with E-state index in [1.54, 1.807) is 13.0 Å². The van der Waals surface area contributed by atoms with E-state index in [9.17, 15) is 9.90 Å². The Morgan fingerprint density at radius 3 is 2.37 bits per heavy atom. The molecule has 0 spiro atoms. The van der Waals surface area contributed by atoms with Crippen LogP contribution >= 0.6 is 11.6 Å². The first-order valence-electron chi connectivity index (χ1n) is 8.81. The number of aryl methyl sites for hydroxylation is 1. The highest BCUT2D eigenvalue weighted by atomic mass is 35.5. The molecule has 146 valence electrons. The Bertz CT molecular complexity index is 836. The van der Waals surface area contributed by atoms with E-state index in [4.69, 9.17) is 11.6 Å². The van der Waals surface area contributed by atoms with Crippen molar-refractivity contribution < 1.29 is 14.6 Å². The fourth-order valence-electron chi connectivity index (χ4n) is 2.84. The second-order valence-corrected chi connectivity index (χ2v) is 6.55. The fourth-order valence-corrected chi connectivity index (χ4v) is 3.04. The SMILES string of the molecule is CCN(CC)c1ccc(Nc2cc(NC(=O)OC)c(O)c(Cl)c2C)c(C)c1. The standard InChI is InChI=1S/C20H26ClN3O3/c1-6-24(7-2)14-8-9-15(12(3)10-14)22-16-11-17(23-20(26)27-5)19(25)18(21)13(16)4/h8-11,22,25H,6-7H2,1-5H3,(H,23,26). The number of hydrogen-bond acceptors (Lipinski definition) is 5. The molecular formula is C20H26ClN3O3. The molecule has 0 heterocycles. The van der Waals surface area contributed by atoms with Crippen LogP contribution < -0.4 is 15.5 Å². The summed E-state index contributed by atoms with van der Waals surface area (Å²) in [5.74, 6) is -0.196. The maximum absolute atomic E-state index is 11.5. The van der Waals surface area contributed by atoms with Gasteiger partial charge in [-0.15, -0.1) is 0 Å². The second kappa shape index (κ2) is 8.86. The Morgan fingerprint density at radius 2 is 1.81 bits per heavy atom. The highest BCUT2D eigenvalue weighted by Gasteiger charge is 2.16. The Hall–Kier alpha value is -2.60. The number of methoxy groups -OCH3 is 1. The van der Waals surface area contributed by atoms with E-state index < -0.39 is 6.09 Å². The summed E-state index contributed by atoms with van der Waals surface area (Å²) >= 11 is 6.24. The van der Waals surface area contributed by atoms with Gasteiger partial charge in [0.05, 0.1) is 17.8 Å². The molecule has 0 saturated heterocycles. The van der Waals surface area contributed by atoms with E-state index >= 15 is 0 Å². The molecule has 0 aliphatic heterocycles. The van der Waals surface area contributed by atoms with Crippen molar-refractivity contribution in [1.82, 2.24) is 0 Å². The predicted molar refractivity (Wildman–Crippen MR) is 112 cm³/mol. The van der Waals surface area contributed by atoms with Crippen LogP contribution in [-0.2, 0) is 4.74 Å². The molecule has 2 aromatic carbocycles. The monoisotopic (exact) mass is 391 g/mol. The van der Waals surface area contributed by atoms with E-state index in [1.165, 1.54) is 7.11 Å². The van der Waals surface area contributed by atoms with Crippen LogP contribution in [0.1, 0.15) is 25.0 Å². The molecule has 0 atom stereocenters. The van der Waals surface area contributed by atoms with Crippen LogP contribution in [-0.4, -0.2) is 31.4 Å². The number of carbonyl (C=O) groups excluding carboxylic acids is 1. The third-order valence-corrected chi connectivity index (χ3v) is 4.98. The van der Waals surface area contributed by atoms with Gasteiger partial charge in [0, 0.05) is 30.2 Å². The summed E-state index contributed by atoms with van der Waals surface area (Å²) in [7, 11) is 1.25. The molecule has 0 aliphatic carbocycles. The molecule has 6 nitrogen and oxygen atoms in total. The molecule has 2 aromatic rings. The van der Waals surface area contributed by atoms with Gasteiger partial charge in [0.15, 0.2) is 5.75 Å². The van der Waals surface area contributed by atoms with Gasteiger partial charge >= 0.3 is 6.09 Å². The van der Waals surface area contributed by atoms with Crippen LogP contribution in [0.5, 0.6) is 5.75 Å². The average Bonchev–Trinajstić information content (AvgIpc) is 2.66. The number of rotatable bonds is 6. The first-order valence-corrected chi connectivity index (χ1v) is 9.19. The number of benzene rings is 2. The lowest BCUT2D eigenvalue weighted by molar-refractivity contribution is 0.187. The van der Waals surface area contributed by atoms with E-state index in [0.29, 0.717) is 11.3 Å². The van der Waals surface area contributed by atoms with Crippen molar-refractivity contribution >= 4 is 40.4 Å². The molecular weight excluding hydrogens is 366 g/mol. The molecule has 0 radical (unpaired) electrons. The van der Waals surface area contributed by atoms with E-state index in [0.717, 1.165) is 30.0 Å². The second-order valence-electron chi connectivity index (χ2n) is 6.17. The van der Waals surface area contributed by atoms with Crippen LogP contribution in [0.25, 0.3) is 0 Å². The third-order valence-electron chi connectivity index (χ3n) is 4.51. The van der Waals surface area contributed by atoms with Crippen molar-refractivity contribution in [3.8, 4) is 5.75 Å². The summed E-state index contributed by atoms with van der Waals surface area (Å²) in [6.45, 7) is 9.97. The predicted octanol–water partition coefficient (Wildman–Crippen LogP) is 5.43. The zero-order valence-electron chi connectivity index (χ0n) is 16.3. The average molecular weight is 392 g/mol. The Morgan fingerprint density at radius 1 is 1.15 bits per heavy atom.